The number of methoxy groups -OCH3 is 2. The van der Waals surface area contributed by atoms with E-state index in [2.05, 4.69) is 5.10 Å². The van der Waals surface area contributed by atoms with Gasteiger partial charge in [-0.3, -0.25) is 31.0 Å². The highest BCUT2D eigenvalue weighted by Crippen LogP contribution is 2.35. The van der Waals surface area contributed by atoms with Gasteiger partial charge in [0, 0.05) is 38.2 Å². The third kappa shape index (κ3) is 5.35. The van der Waals surface area contributed by atoms with Crippen LogP contribution in [0.1, 0.15) is 5.56 Å². The van der Waals surface area contributed by atoms with Crippen LogP contribution in [0.15, 0.2) is 35.2 Å². The lowest BCUT2D eigenvalue weighted by Crippen LogP contribution is -2.27. The molecule has 3 aromatic rings. The summed E-state index contributed by atoms with van der Waals surface area (Å²) >= 11 is -0.817. The van der Waals surface area contributed by atoms with Crippen molar-refractivity contribution in [2.24, 2.45) is 0 Å². The first kappa shape index (κ1) is 26.7. The Morgan fingerprint density at radius 3 is 2.33 bits per heavy atom. The van der Waals surface area contributed by atoms with Gasteiger partial charge in [0.25, 0.3) is 11.4 Å². The number of nitro benzene ring substituents is 2. The maximum atomic E-state index is 12.9. The van der Waals surface area contributed by atoms with Gasteiger partial charge in [0.1, 0.15) is 5.84 Å². The van der Waals surface area contributed by atoms with Gasteiger partial charge < -0.3 is 14.0 Å². The van der Waals surface area contributed by atoms with E-state index >= 15 is 0 Å². The molecule has 1 aromatic heterocycles. The first-order valence-electron chi connectivity index (χ1n) is 9.98. The molecule has 0 spiro atoms. The Balaban J connectivity index is 2.04. The van der Waals surface area contributed by atoms with Crippen LogP contribution in [0.2, 0.25) is 0 Å². The molecule has 14 nitrogen and oxygen atoms in total. The fourth-order valence-electron chi connectivity index (χ4n) is 3.20. The van der Waals surface area contributed by atoms with Gasteiger partial charge in [-0.05, 0) is 12.1 Å². The molecule has 16 heteroatoms. The molecule has 0 fully saturated rings. The fourth-order valence-corrected chi connectivity index (χ4v) is 4.99. The highest BCUT2D eigenvalue weighted by Gasteiger charge is 2.26. The van der Waals surface area contributed by atoms with Crippen molar-refractivity contribution in [1.82, 2.24) is 14.1 Å². The van der Waals surface area contributed by atoms with Gasteiger partial charge in [-0.25, -0.2) is 0 Å². The summed E-state index contributed by atoms with van der Waals surface area (Å²) in [6, 6.07) is 6.26. The minimum atomic E-state index is -1.59. The number of non-ortho nitro benzene ring substituents is 1. The van der Waals surface area contributed by atoms with Crippen molar-refractivity contribution in [1.29, 1.82) is 10.8 Å². The number of ether oxygens (including phenoxy) is 2. The molecule has 0 aliphatic carbocycles. The van der Waals surface area contributed by atoms with E-state index in [0.29, 0.717) is 22.0 Å². The molecule has 0 bridgehead atoms. The number of aromatic nitrogens is 2. The predicted molar refractivity (Wildman–Crippen MR) is 131 cm³/mol. The number of benzene rings is 2. The molecule has 190 valence electrons. The average Bonchev–Trinajstić information content (AvgIpc) is 3.24. The zero-order valence-corrected chi connectivity index (χ0v) is 21.1. The highest BCUT2D eigenvalue weighted by molar-refractivity contribution is 7.89. The summed E-state index contributed by atoms with van der Waals surface area (Å²) in [5.74, 6) is 0.543. The Morgan fingerprint density at radius 1 is 1.14 bits per heavy atom. The van der Waals surface area contributed by atoms with Crippen LogP contribution in [0.3, 0.4) is 0 Å². The van der Waals surface area contributed by atoms with Crippen LogP contribution in [0.4, 0.5) is 11.4 Å². The molecule has 1 heterocycles. The van der Waals surface area contributed by atoms with Crippen LogP contribution in [0, 0.1) is 31.0 Å². The smallest absolute Gasteiger partial charge is 0.286 e. The van der Waals surface area contributed by atoms with Crippen molar-refractivity contribution in [3.63, 3.8) is 0 Å². The molecule has 2 N–H and O–H groups in total. The quantitative estimate of drug-likeness (QED) is 0.136. The van der Waals surface area contributed by atoms with Crippen LogP contribution in [-0.4, -0.2) is 62.6 Å². The van der Waals surface area contributed by atoms with Gasteiger partial charge in [-0.15, -0.1) is 4.31 Å². The van der Waals surface area contributed by atoms with E-state index in [9.17, 15) is 24.8 Å². The standard InChI is InChI=1S/C20H21N7O7S2/c1-24(2)36(32)17-10-16(34-4)15(33-3)7-11(17)8-18(21)25-20(22)35-19(23-25)13-6-5-12(26(28)29)9-14(13)27(30)31/h5-7,9-10,21-22H,8H2,1-4H3. The van der Waals surface area contributed by atoms with E-state index < -0.39 is 32.6 Å². The predicted octanol–water partition coefficient (Wildman–Crippen LogP) is 2.58. The lowest BCUT2D eigenvalue weighted by atomic mass is 10.1. The van der Waals surface area contributed by atoms with E-state index in [-0.39, 0.29) is 27.6 Å². The van der Waals surface area contributed by atoms with E-state index in [1.807, 2.05) is 0 Å². The Bertz CT molecular complexity index is 1400. The summed E-state index contributed by atoms with van der Waals surface area (Å²) in [7, 11) is 6.14. The van der Waals surface area contributed by atoms with E-state index in [1.165, 1.54) is 24.6 Å². The van der Waals surface area contributed by atoms with Crippen molar-refractivity contribution in [3.8, 4) is 22.1 Å². The summed E-state index contributed by atoms with van der Waals surface area (Å²) in [5.41, 5.74) is -0.549. The summed E-state index contributed by atoms with van der Waals surface area (Å²) < 4.78 is 26.0. The van der Waals surface area contributed by atoms with Crippen molar-refractivity contribution in [2.45, 2.75) is 11.3 Å². The number of nitrogens with one attached hydrogen (secondary N) is 2. The maximum Gasteiger partial charge on any atom is 0.286 e. The van der Waals surface area contributed by atoms with Crippen molar-refractivity contribution in [2.75, 3.05) is 28.3 Å². The second-order valence-corrected chi connectivity index (χ2v) is 9.99. The van der Waals surface area contributed by atoms with Crippen molar-refractivity contribution in [3.05, 3.63) is 60.9 Å². The third-order valence-corrected chi connectivity index (χ3v) is 7.18. The first-order valence-corrected chi connectivity index (χ1v) is 11.9. The average molecular weight is 536 g/mol. The summed E-state index contributed by atoms with van der Waals surface area (Å²) in [6.07, 6.45) is -0.0999. The molecule has 3 rings (SSSR count). The number of hydrogen-bond donors (Lipinski definition) is 2. The Hall–Kier alpha value is -3.86. The van der Waals surface area contributed by atoms with Crippen molar-refractivity contribution >= 4 is 39.9 Å². The first-order chi connectivity index (χ1) is 17.0. The number of rotatable bonds is 9. The molecular formula is C20H21N7O7S2. The molecule has 1 atom stereocenters. The van der Waals surface area contributed by atoms with E-state index in [0.717, 1.165) is 28.2 Å². The summed E-state index contributed by atoms with van der Waals surface area (Å²) in [6.45, 7) is 0. The molecule has 0 saturated heterocycles. The van der Waals surface area contributed by atoms with E-state index in [4.69, 9.17) is 20.3 Å². The SMILES string of the molecule is COc1cc(CC(=N)n2nc(-c3ccc([N+](=O)[O-])cc3[N+](=O)[O-])sc2=N)c([S+]([O-])N(C)C)cc1OC. The largest absolute Gasteiger partial charge is 0.593 e. The Kier molecular flexibility index (Phi) is 8.03. The highest BCUT2D eigenvalue weighted by atomic mass is 32.2. The van der Waals surface area contributed by atoms with Crippen LogP contribution in [-0.2, 0) is 17.8 Å². The van der Waals surface area contributed by atoms with Gasteiger partial charge >= 0.3 is 0 Å². The minimum absolute atomic E-state index is 0.0174. The zero-order valence-electron chi connectivity index (χ0n) is 19.5. The topological polar surface area (TPSA) is 197 Å². The molecule has 2 aromatic carbocycles. The summed E-state index contributed by atoms with van der Waals surface area (Å²) in [5, 5.41) is 43.6. The molecule has 1 unspecified atom stereocenters. The molecular weight excluding hydrogens is 514 g/mol. The minimum Gasteiger partial charge on any atom is -0.593 e. The van der Waals surface area contributed by atoms with E-state index in [1.54, 1.807) is 26.2 Å². The number of nitro groups is 2. The second-order valence-electron chi connectivity index (χ2n) is 7.34. The molecule has 0 amide bonds. The third-order valence-electron chi connectivity index (χ3n) is 4.90. The monoisotopic (exact) mass is 535 g/mol. The normalized spacial score (nSPS) is 11.8. The van der Waals surface area contributed by atoms with Crippen molar-refractivity contribution < 1.29 is 23.9 Å². The number of hydrogen-bond acceptors (Lipinski definition) is 12. The second kappa shape index (κ2) is 10.8. The van der Waals surface area contributed by atoms with Gasteiger partial charge in [-0.2, -0.15) is 9.78 Å². The van der Waals surface area contributed by atoms with Crippen LogP contribution < -0.4 is 14.3 Å². The van der Waals surface area contributed by atoms with Crippen LogP contribution >= 0.6 is 11.3 Å². The van der Waals surface area contributed by atoms with Gasteiger partial charge in [0.15, 0.2) is 21.4 Å². The molecule has 0 aliphatic rings. The van der Waals surface area contributed by atoms with Gasteiger partial charge in [0.2, 0.25) is 4.80 Å². The zero-order chi connectivity index (χ0) is 26.7. The van der Waals surface area contributed by atoms with Crippen LogP contribution in [0.25, 0.3) is 10.6 Å². The fraction of sp³-hybridized carbons (Fsp3) is 0.250. The van der Waals surface area contributed by atoms with Crippen LogP contribution in [0.5, 0.6) is 11.5 Å². The maximum absolute atomic E-state index is 12.9. The lowest BCUT2D eigenvalue weighted by molar-refractivity contribution is -0.393. The lowest BCUT2D eigenvalue weighted by Gasteiger charge is -2.20. The molecule has 0 aliphatic heterocycles. The molecule has 36 heavy (non-hydrogen) atoms. The Morgan fingerprint density at radius 2 is 1.78 bits per heavy atom. The molecule has 0 radical (unpaired) electrons. The van der Waals surface area contributed by atoms with Gasteiger partial charge in [0.05, 0.1) is 47.1 Å². The number of nitrogens with zero attached hydrogens (tertiary/aromatic N) is 5. The summed E-state index contributed by atoms with van der Waals surface area (Å²) in [4.78, 5) is 21.2. The Labute approximate surface area is 211 Å². The van der Waals surface area contributed by atoms with Gasteiger partial charge in [-0.1, -0.05) is 11.3 Å². The molecule has 0 saturated carbocycles.